The van der Waals surface area contributed by atoms with E-state index in [1.165, 1.54) is 16.7 Å². The van der Waals surface area contributed by atoms with Crippen molar-refractivity contribution in [1.82, 2.24) is 15.2 Å². The fourth-order valence-corrected chi connectivity index (χ4v) is 2.79. The molecule has 0 saturated heterocycles. The van der Waals surface area contributed by atoms with Crippen molar-refractivity contribution in [2.45, 2.75) is 52.4 Å². The second-order valence-corrected chi connectivity index (χ2v) is 6.44. The number of hydrogen-bond acceptors (Lipinski definition) is 4. The number of rotatable bonds is 0. The number of nitrogens with zero attached hydrogens (tertiary/aromatic N) is 2. The summed E-state index contributed by atoms with van der Waals surface area (Å²) in [6.45, 7) is 8.76. The fourth-order valence-electron chi connectivity index (χ4n) is 2.79. The van der Waals surface area contributed by atoms with E-state index in [0.717, 1.165) is 25.2 Å². The second-order valence-electron chi connectivity index (χ2n) is 6.44. The molecule has 2 aliphatic rings. The minimum atomic E-state index is -0.452. The third kappa shape index (κ3) is 2.50. The van der Waals surface area contributed by atoms with Gasteiger partial charge in [-0.15, -0.1) is 0 Å². The summed E-state index contributed by atoms with van der Waals surface area (Å²) in [6.07, 6.45) is 2.56. The number of pyridine rings is 1. The fraction of sp³-hybridized carbons (Fsp3) is 0.600. The highest BCUT2D eigenvalue weighted by Gasteiger charge is 2.28. The summed E-state index contributed by atoms with van der Waals surface area (Å²) in [6, 6.07) is 0. The van der Waals surface area contributed by atoms with Crippen molar-refractivity contribution in [3.63, 3.8) is 0 Å². The molecule has 5 nitrogen and oxygen atoms in total. The normalized spacial score (nSPS) is 17.6. The molecule has 0 aromatic carbocycles. The van der Waals surface area contributed by atoms with Gasteiger partial charge in [0.25, 0.3) is 0 Å². The molecule has 1 aromatic heterocycles. The largest absolute Gasteiger partial charge is 0.444 e. The highest BCUT2D eigenvalue weighted by molar-refractivity contribution is 5.68. The van der Waals surface area contributed by atoms with Gasteiger partial charge in [-0.2, -0.15) is 0 Å². The number of hydrogen-bond donors (Lipinski definition) is 1. The van der Waals surface area contributed by atoms with Gasteiger partial charge in [0.1, 0.15) is 5.60 Å². The number of carbonyl (C=O) groups excluding carboxylic acids is 1. The van der Waals surface area contributed by atoms with Crippen LogP contribution in [0.3, 0.4) is 0 Å². The van der Waals surface area contributed by atoms with E-state index >= 15 is 0 Å². The van der Waals surface area contributed by atoms with Crippen molar-refractivity contribution in [2.24, 2.45) is 0 Å². The number of fused-ring (bicyclic) bond motifs is 3. The maximum absolute atomic E-state index is 12.1. The van der Waals surface area contributed by atoms with Crippen molar-refractivity contribution in [2.75, 3.05) is 6.54 Å². The van der Waals surface area contributed by atoms with Crippen LogP contribution >= 0.6 is 0 Å². The Balaban J connectivity index is 1.78. The van der Waals surface area contributed by atoms with Gasteiger partial charge >= 0.3 is 6.09 Å². The van der Waals surface area contributed by atoms with Crippen LogP contribution in [0, 0.1) is 0 Å². The van der Waals surface area contributed by atoms with Gasteiger partial charge in [0.15, 0.2) is 0 Å². The van der Waals surface area contributed by atoms with Gasteiger partial charge in [-0.3, -0.25) is 4.98 Å². The summed E-state index contributed by atoms with van der Waals surface area (Å²) < 4.78 is 5.43. The molecule has 1 amide bonds. The third-order valence-corrected chi connectivity index (χ3v) is 3.72. The number of amides is 1. The Labute approximate surface area is 119 Å². The lowest BCUT2D eigenvalue weighted by Crippen LogP contribution is -2.40. The number of aromatic nitrogens is 1. The molecule has 2 aliphatic heterocycles. The van der Waals surface area contributed by atoms with E-state index in [1.807, 2.05) is 27.0 Å². The number of nitrogens with one attached hydrogen (secondary N) is 1. The van der Waals surface area contributed by atoms with E-state index in [1.54, 1.807) is 4.90 Å². The first kappa shape index (κ1) is 13.4. The first-order valence-corrected chi connectivity index (χ1v) is 7.11. The van der Waals surface area contributed by atoms with Crippen molar-refractivity contribution >= 4 is 6.09 Å². The van der Waals surface area contributed by atoms with Crippen molar-refractivity contribution < 1.29 is 9.53 Å². The molecule has 5 heteroatoms. The van der Waals surface area contributed by atoms with Crippen LogP contribution in [0.25, 0.3) is 0 Å². The predicted molar refractivity (Wildman–Crippen MR) is 75.1 cm³/mol. The molecule has 0 spiro atoms. The van der Waals surface area contributed by atoms with Gasteiger partial charge < -0.3 is 15.0 Å². The van der Waals surface area contributed by atoms with E-state index in [4.69, 9.17) is 4.74 Å². The Morgan fingerprint density at radius 3 is 2.90 bits per heavy atom. The van der Waals surface area contributed by atoms with E-state index in [9.17, 15) is 4.79 Å². The Morgan fingerprint density at radius 1 is 1.35 bits per heavy atom. The minimum absolute atomic E-state index is 0.247. The lowest BCUT2D eigenvalue weighted by molar-refractivity contribution is 0.0220. The summed E-state index contributed by atoms with van der Waals surface area (Å²) in [5.74, 6) is 0. The minimum Gasteiger partial charge on any atom is -0.444 e. The number of carbonyl (C=O) groups is 1. The highest BCUT2D eigenvalue weighted by Crippen LogP contribution is 2.27. The van der Waals surface area contributed by atoms with Gasteiger partial charge in [-0.05, 0) is 43.9 Å². The monoisotopic (exact) mass is 275 g/mol. The van der Waals surface area contributed by atoms with Crippen LogP contribution in [0.4, 0.5) is 4.79 Å². The zero-order chi connectivity index (χ0) is 14.3. The zero-order valence-electron chi connectivity index (χ0n) is 12.3. The molecule has 0 bridgehead atoms. The van der Waals surface area contributed by atoms with E-state index in [2.05, 4.69) is 10.3 Å². The third-order valence-electron chi connectivity index (χ3n) is 3.72. The predicted octanol–water partition coefficient (Wildman–Crippen LogP) is 1.98. The van der Waals surface area contributed by atoms with E-state index in [0.29, 0.717) is 13.1 Å². The topological polar surface area (TPSA) is 54.5 Å². The summed E-state index contributed by atoms with van der Waals surface area (Å²) in [5.41, 5.74) is 4.58. The Bertz CT molecular complexity index is 549. The zero-order valence-corrected chi connectivity index (χ0v) is 12.3. The molecule has 0 atom stereocenters. The van der Waals surface area contributed by atoms with Crippen LogP contribution in [-0.2, 0) is 30.8 Å². The van der Waals surface area contributed by atoms with Crippen LogP contribution in [0.2, 0.25) is 0 Å². The molecular formula is C15H21N3O2. The summed E-state index contributed by atoms with van der Waals surface area (Å²) in [4.78, 5) is 18.4. The molecule has 1 N–H and O–H groups in total. The molecular weight excluding hydrogens is 254 g/mol. The summed E-state index contributed by atoms with van der Waals surface area (Å²) in [5, 5.41) is 3.36. The van der Waals surface area contributed by atoms with Crippen molar-refractivity contribution in [1.29, 1.82) is 0 Å². The molecule has 0 aliphatic carbocycles. The van der Waals surface area contributed by atoms with Crippen LogP contribution in [0.5, 0.6) is 0 Å². The Kier molecular flexibility index (Phi) is 3.17. The smallest absolute Gasteiger partial charge is 0.410 e. The maximum Gasteiger partial charge on any atom is 0.410 e. The van der Waals surface area contributed by atoms with E-state index < -0.39 is 5.60 Å². The molecule has 108 valence electrons. The SMILES string of the molecule is CC(C)(C)OC(=O)N1CCc2c(ncc3c2CNC3)C1. The molecule has 0 radical (unpaired) electrons. The van der Waals surface area contributed by atoms with Crippen LogP contribution in [0.1, 0.15) is 43.2 Å². The molecule has 0 saturated carbocycles. The summed E-state index contributed by atoms with van der Waals surface area (Å²) >= 11 is 0. The quantitative estimate of drug-likeness (QED) is 0.786. The second kappa shape index (κ2) is 4.74. The van der Waals surface area contributed by atoms with Crippen LogP contribution < -0.4 is 5.32 Å². The highest BCUT2D eigenvalue weighted by atomic mass is 16.6. The molecule has 1 aromatic rings. The van der Waals surface area contributed by atoms with E-state index in [-0.39, 0.29) is 6.09 Å². The van der Waals surface area contributed by atoms with Crippen LogP contribution in [-0.4, -0.2) is 28.1 Å². The van der Waals surface area contributed by atoms with Gasteiger partial charge in [0.2, 0.25) is 0 Å². The van der Waals surface area contributed by atoms with Crippen molar-refractivity contribution in [3.05, 3.63) is 28.6 Å². The molecule has 20 heavy (non-hydrogen) atoms. The number of ether oxygens (including phenoxy) is 1. The molecule has 0 unspecified atom stereocenters. The van der Waals surface area contributed by atoms with Gasteiger partial charge in [0, 0.05) is 25.8 Å². The van der Waals surface area contributed by atoms with Gasteiger partial charge in [-0.1, -0.05) is 0 Å². The van der Waals surface area contributed by atoms with Gasteiger partial charge in [0.05, 0.1) is 12.2 Å². The maximum atomic E-state index is 12.1. The molecule has 0 fully saturated rings. The lowest BCUT2D eigenvalue weighted by atomic mass is 9.97. The van der Waals surface area contributed by atoms with Crippen LogP contribution in [0.15, 0.2) is 6.20 Å². The first-order chi connectivity index (χ1) is 9.44. The van der Waals surface area contributed by atoms with Gasteiger partial charge in [-0.25, -0.2) is 4.79 Å². The van der Waals surface area contributed by atoms with Crippen molar-refractivity contribution in [3.8, 4) is 0 Å². The standard InChI is InChI=1S/C15H21N3O2/c1-15(2,3)20-14(19)18-5-4-11-12-8-16-6-10(12)7-17-13(11)9-18/h7,16H,4-6,8-9H2,1-3H3. The lowest BCUT2D eigenvalue weighted by Gasteiger charge is -2.31. The molecule has 3 heterocycles. The average molecular weight is 275 g/mol. The Morgan fingerprint density at radius 2 is 2.15 bits per heavy atom. The molecule has 3 rings (SSSR count). The summed E-state index contributed by atoms with van der Waals surface area (Å²) in [7, 11) is 0. The Hall–Kier alpha value is -1.62. The first-order valence-electron chi connectivity index (χ1n) is 7.11. The average Bonchev–Trinajstić information content (AvgIpc) is 2.84.